The monoisotopic (exact) mass is 417 g/mol. The second-order valence-corrected chi connectivity index (χ2v) is 5.90. The molecule has 0 saturated heterocycles. The fourth-order valence-electron chi connectivity index (χ4n) is 1.32. The van der Waals surface area contributed by atoms with Crippen LogP contribution < -0.4 is 0 Å². The lowest BCUT2D eigenvalue weighted by atomic mass is 10.1. The molecule has 1 aromatic carbocycles. The summed E-state index contributed by atoms with van der Waals surface area (Å²) in [6.45, 7) is 0. The first kappa shape index (κ1) is 13.7. The van der Waals surface area contributed by atoms with Crippen LogP contribution in [0.5, 0.6) is 0 Å². The summed E-state index contributed by atoms with van der Waals surface area (Å²) in [5.41, 5.74) is 1.63. The normalized spacial score (nSPS) is 10.6. The standard InChI is InChI=1S/C11H4Cl4IN/c12-7-2-1-6(9(13)10(7)14)5-3-8(16)11(15)17-4-5/h1-4H. The second kappa shape index (κ2) is 5.49. The number of nitrogens with zero attached hydrogens (tertiary/aromatic N) is 1. The van der Waals surface area contributed by atoms with Crippen LogP contribution >= 0.6 is 69.0 Å². The SMILES string of the molecule is Clc1ccc(-c2cnc(Cl)c(I)c2)c(Cl)c1Cl. The molecular weight excluding hydrogens is 415 g/mol. The van der Waals surface area contributed by atoms with Crippen LogP contribution in [-0.2, 0) is 0 Å². The Morgan fingerprint density at radius 3 is 2.35 bits per heavy atom. The maximum atomic E-state index is 6.15. The summed E-state index contributed by atoms with van der Waals surface area (Å²) in [5, 5.41) is 1.65. The van der Waals surface area contributed by atoms with Crippen molar-refractivity contribution < 1.29 is 0 Å². The van der Waals surface area contributed by atoms with Crippen LogP contribution in [0.25, 0.3) is 11.1 Å². The van der Waals surface area contributed by atoms with Gasteiger partial charge in [-0.05, 0) is 34.7 Å². The van der Waals surface area contributed by atoms with Gasteiger partial charge in [0.2, 0.25) is 0 Å². The van der Waals surface area contributed by atoms with Crippen LogP contribution in [0.1, 0.15) is 0 Å². The van der Waals surface area contributed by atoms with Gasteiger partial charge in [-0.25, -0.2) is 4.98 Å². The Morgan fingerprint density at radius 1 is 1.00 bits per heavy atom. The number of rotatable bonds is 1. The molecule has 0 aliphatic carbocycles. The Kier molecular flexibility index (Phi) is 4.42. The predicted octanol–water partition coefficient (Wildman–Crippen LogP) is 5.97. The average Bonchev–Trinajstić information content (AvgIpc) is 2.30. The Bertz CT molecular complexity index is 586. The highest BCUT2D eigenvalue weighted by Crippen LogP contribution is 2.38. The molecule has 0 amide bonds. The van der Waals surface area contributed by atoms with Gasteiger partial charge in [0.15, 0.2) is 0 Å². The maximum absolute atomic E-state index is 6.15. The third kappa shape index (κ3) is 2.82. The molecular formula is C11H4Cl4IN. The fraction of sp³-hybridized carbons (Fsp3) is 0. The van der Waals surface area contributed by atoms with E-state index < -0.39 is 0 Å². The van der Waals surface area contributed by atoms with Gasteiger partial charge in [0, 0.05) is 17.3 Å². The van der Waals surface area contributed by atoms with Crippen molar-refractivity contribution >= 4 is 69.0 Å². The molecule has 0 aliphatic rings. The molecule has 0 bridgehead atoms. The highest BCUT2D eigenvalue weighted by Gasteiger charge is 2.11. The molecule has 0 saturated carbocycles. The molecule has 0 N–H and O–H groups in total. The van der Waals surface area contributed by atoms with Gasteiger partial charge in [0.1, 0.15) is 5.15 Å². The maximum Gasteiger partial charge on any atom is 0.142 e. The van der Waals surface area contributed by atoms with Gasteiger partial charge in [-0.3, -0.25) is 0 Å². The Hall–Kier alpha value is 0.260. The molecule has 2 rings (SSSR count). The highest BCUT2D eigenvalue weighted by atomic mass is 127. The molecule has 0 atom stereocenters. The largest absolute Gasteiger partial charge is 0.243 e. The van der Waals surface area contributed by atoms with Crippen molar-refractivity contribution in [3.05, 3.63) is 48.2 Å². The van der Waals surface area contributed by atoms with Crippen molar-refractivity contribution in [3.8, 4) is 11.1 Å². The number of pyridine rings is 1. The van der Waals surface area contributed by atoms with E-state index in [4.69, 9.17) is 46.4 Å². The van der Waals surface area contributed by atoms with Gasteiger partial charge in [0.25, 0.3) is 0 Å². The van der Waals surface area contributed by atoms with Crippen LogP contribution in [0.4, 0.5) is 0 Å². The summed E-state index contributed by atoms with van der Waals surface area (Å²) < 4.78 is 0.851. The van der Waals surface area contributed by atoms with Gasteiger partial charge < -0.3 is 0 Å². The topological polar surface area (TPSA) is 12.9 Å². The van der Waals surface area contributed by atoms with E-state index in [9.17, 15) is 0 Å². The lowest BCUT2D eigenvalue weighted by molar-refractivity contribution is 1.31. The van der Waals surface area contributed by atoms with Crippen LogP contribution in [0, 0.1) is 3.57 Å². The third-order valence-corrected chi connectivity index (χ3v) is 4.88. The summed E-state index contributed by atoms with van der Waals surface area (Å²) in [7, 11) is 0. The van der Waals surface area contributed by atoms with E-state index in [0.717, 1.165) is 14.7 Å². The third-order valence-electron chi connectivity index (χ3n) is 2.14. The van der Waals surface area contributed by atoms with Gasteiger partial charge in [-0.1, -0.05) is 52.5 Å². The van der Waals surface area contributed by atoms with E-state index in [1.807, 2.05) is 6.07 Å². The first-order valence-electron chi connectivity index (χ1n) is 4.45. The first-order chi connectivity index (χ1) is 8.00. The molecule has 1 aromatic heterocycles. The van der Waals surface area contributed by atoms with E-state index in [-0.39, 0.29) is 0 Å². The first-order valence-corrected chi connectivity index (χ1v) is 7.04. The van der Waals surface area contributed by atoms with E-state index in [0.29, 0.717) is 20.2 Å². The average molecular weight is 419 g/mol. The Morgan fingerprint density at radius 2 is 1.71 bits per heavy atom. The van der Waals surface area contributed by atoms with E-state index in [1.165, 1.54) is 0 Å². The van der Waals surface area contributed by atoms with Crippen LogP contribution in [-0.4, -0.2) is 4.98 Å². The van der Waals surface area contributed by atoms with Crippen molar-refractivity contribution in [1.82, 2.24) is 4.98 Å². The van der Waals surface area contributed by atoms with E-state index in [1.54, 1.807) is 18.3 Å². The molecule has 17 heavy (non-hydrogen) atoms. The van der Waals surface area contributed by atoms with Crippen molar-refractivity contribution in [1.29, 1.82) is 0 Å². The van der Waals surface area contributed by atoms with Gasteiger partial charge in [-0.15, -0.1) is 0 Å². The van der Waals surface area contributed by atoms with E-state index >= 15 is 0 Å². The Labute approximate surface area is 132 Å². The molecule has 6 heteroatoms. The van der Waals surface area contributed by atoms with Crippen molar-refractivity contribution in [3.63, 3.8) is 0 Å². The zero-order chi connectivity index (χ0) is 12.6. The minimum atomic E-state index is 0.343. The second-order valence-electron chi connectivity index (χ2n) is 3.22. The summed E-state index contributed by atoms with van der Waals surface area (Å²) >= 11 is 26.0. The molecule has 0 aliphatic heterocycles. The summed E-state index contributed by atoms with van der Waals surface area (Å²) in [6.07, 6.45) is 1.65. The minimum absolute atomic E-state index is 0.343. The number of hydrogen-bond donors (Lipinski definition) is 0. The fourth-order valence-corrected chi connectivity index (χ4v) is 2.54. The highest BCUT2D eigenvalue weighted by molar-refractivity contribution is 14.1. The smallest absolute Gasteiger partial charge is 0.142 e. The minimum Gasteiger partial charge on any atom is -0.243 e. The molecule has 0 spiro atoms. The number of benzene rings is 1. The Balaban J connectivity index is 2.61. The van der Waals surface area contributed by atoms with Crippen molar-refractivity contribution in [2.45, 2.75) is 0 Å². The number of halogens is 5. The molecule has 1 nitrogen and oxygen atoms in total. The lowest BCUT2D eigenvalue weighted by Gasteiger charge is -2.08. The summed E-state index contributed by atoms with van der Waals surface area (Å²) in [5.74, 6) is 0. The molecule has 0 unspecified atom stereocenters. The zero-order valence-corrected chi connectivity index (χ0v) is 13.3. The molecule has 0 radical (unpaired) electrons. The van der Waals surface area contributed by atoms with Crippen LogP contribution in [0.15, 0.2) is 24.4 Å². The number of hydrogen-bond acceptors (Lipinski definition) is 1. The summed E-state index contributed by atoms with van der Waals surface area (Å²) in [6, 6.07) is 5.39. The van der Waals surface area contributed by atoms with Gasteiger partial charge in [-0.2, -0.15) is 0 Å². The predicted molar refractivity (Wildman–Crippen MR) is 82.4 cm³/mol. The molecule has 0 fully saturated rings. The molecule has 2 aromatic rings. The summed E-state index contributed by atoms with van der Waals surface area (Å²) in [4.78, 5) is 4.07. The van der Waals surface area contributed by atoms with Crippen molar-refractivity contribution in [2.75, 3.05) is 0 Å². The van der Waals surface area contributed by atoms with Crippen molar-refractivity contribution in [2.24, 2.45) is 0 Å². The zero-order valence-electron chi connectivity index (χ0n) is 8.15. The quantitative estimate of drug-likeness (QED) is 0.316. The van der Waals surface area contributed by atoms with Gasteiger partial charge in [0.05, 0.1) is 18.6 Å². The lowest BCUT2D eigenvalue weighted by Crippen LogP contribution is -1.86. The molecule has 88 valence electrons. The van der Waals surface area contributed by atoms with Crippen LogP contribution in [0.3, 0.4) is 0 Å². The molecule has 1 heterocycles. The van der Waals surface area contributed by atoms with Crippen LogP contribution in [0.2, 0.25) is 20.2 Å². The van der Waals surface area contributed by atoms with E-state index in [2.05, 4.69) is 27.6 Å². The number of aromatic nitrogens is 1. The van der Waals surface area contributed by atoms with Gasteiger partial charge >= 0.3 is 0 Å².